The van der Waals surface area contributed by atoms with Crippen LogP contribution in [0.1, 0.15) is 85.0 Å². The molecule has 0 saturated carbocycles. The van der Waals surface area contributed by atoms with Crippen molar-refractivity contribution in [1.82, 2.24) is 0 Å². The second-order valence-electron chi connectivity index (χ2n) is 20.0. The summed E-state index contributed by atoms with van der Waals surface area (Å²) in [5.41, 5.74) is -0.0810. The molecule has 1 radical (unpaired) electrons. The number of hydrogen-bond acceptors (Lipinski definition) is 15. The average molecular weight is 1740 g/mol. The van der Waals surface area contributed by atoms with E-state index in [2.05, 4.69) is 31.9 Å². The predicted octanol–water partition coefficient (Wildman–Crippen LogP) is 16.6. The summed E-state index contributed by atoms with van der Waals surface area (Å²) in [5.74, 6) is -4.55. The number of aromatic carboxylic acids is 1. The molecule has 0 aliphatic carbocycles. The molecule has 7 N–H and O–H groups in total. The first-order valence-corrected chi connectivity index (χ1v) is 32.2. The number of halogens is 7. The topological polar surface area (TPSA) is 343 Å². The van der Waals surface area contributed by atoms with Crippen LogP contribution in [0.2, 0.25) is 20.1 Å². The van der Waals surface area contributed by atoms with Crippen molar-refractivity contribution in [2.24, 2.45) is 5.92 Å². The second-order valence-corrected chi connectivity index (χ2v) is 23.6. The maximum Gasteiger partial charge on any atom is 0.345 e. The first-order valence-electron chi connectivity index (χ1n) is 29.1. The second kappa shape index (κ2) is 49.8. The summed E-state index contributed by atoms with van der Waals surface area (Å²) in [6, 6.07) is 43.3. The first-order chi connectivity index (χ1) is 46.1. The summed E-state index contributed by atoms with van der Waals surface area (Å²) in [4.78, 5) is 84.7. The first kappa shape index (κ1) is 91.4. The fourth-order valence-electron chi connectivity index (χ4n) is 6.58. The van der Waals surface area contributed by atoms with E-state index in [-0.39, 0.29) is 60.8 Å². The van der Waals surface area contributed by atoms with Gasteiger partial charge in [0, 0.05) is 78.8 Å². The van der Waals surface area contributed by atoms with Crippen molar-refractivity contribution in [1.29, 1.82) is 0 Å². The Labute approximate surface area is 638 Å². The van der Waals surface area contributed by atoms with Crippen LogP contribution in [0.3, 0.4) is 0 Å². The van der Waals surface area contributed by atoms with Crippen LogP contribution in [-0.2, 0) is 33.6 Å². The Balaban J connectivity index is 0.00000113. The van der Waals surface area contributed by atoms with E-state index in [1.807, 2.05) is 6.92 Å². The summed E-state index contributed by atoms with van der Waals surface area (Å²) in [5, 5.41) is 63.6. The summed E-state index contributed by atoms with van der Waals surface area (Å²) >= 11 is 29.1. The Bertz CT molecular complexity index is 3500. The fraction of sp³-hybridized carbons (Fsp3) is 0.275. The van der Waals surface area contributed by atoms with Gasteiger partial charge in [-0.25, -0.2) is 44.2 Å². The largest absolute Gasteiger partial charge is 0.538 e. The molecule has 7 aromatic rings. The summed E-state index contributed by atoms with van der Waals surface area (Å²) in [7, 11) is 0. The molecule has 0 aromatic heterocycles. The zero-order chi connectivity index (χ0) is 74.2. The maximum atomic E-state index is 12.4. The van der Waals surface area contributed by atoms with Gasteiger partial charge in [0.05, 0.1) is 0 Å². The zero-order valence-electron chi connectivity index (χ0n) is 54.0. The molecule has 0 saturated heterocycles. The molecule has 0 fully saturated rings. The third-order valence-electron chi connectivity index (χ3n) is 11.6. The number of carbonyl (C=O) groups is 7. The quantitative estimate of drug-likeness (QED) is 0.0196. The van der Waals surface area contributed by atoms with Crippen molar-refractivity contribution in [2.75, 3.05) is 0 Å². The number of carboxylic acids is 7. The van der Waals surface area contributed by atoms with Crippen molar-refractivity contribution in [3.05, 3.63) is 204 Å². The van der Waals surface area contributed by atoms with E-state index in [0.717, 1.165) is 10.9 Å². The average Bonchev–Trinajstić information content (AvgIpc) is 0.864. The van der Waals surface area contributed by atoms with E-state index in [9.17, 15) is 42.7 Å². The molecule has 99 heavy (non-hydrogen) atoms. The Kier molecular flexibility index (Phi) is 46.0. The molecule has 7 rings (SSSR count). The molecule has 30 heteroatoms. The molecule has 0 spiro atoms. The normalized spacial score (nSPS) is 12.0. The molecule has 22 nitrogen and oxygen atoms in total. The third kappa shape index (κ3) is 40.3. The van der Waals surface area contributed by atoms with Crippen LogP contribution in [0.25, 0.3) is 0 Å². The SMILES string of the molecule is CC(C)C(Oc1ccc(Cl)cc1)C(=O)O.CC(Oc1ccc(Br)cc1)C(=O)O.CC(Oc1ccc(F)cc1)C(=O)O.CCC(Oc1ccc(Cl)cc1)C(=O)O.CCCC(Oc1ccc(Cl)cc1)C(=O)O.C[C@@H]([C-]=O)Oc1ccc(Cl)cc1.C[C@H](Oc1ccc(Br)cc1C(=O)O)C(=O)O.[Ho]. The van der Waals surface area contributed by atoms with E-state index in [1.165, 1.54) is 57.2 Å². The molecule has 0 aliphatic rings. The van der Waals surface area contributed by atoms with Gasteiger partial charge >= 0.3 is 41.8 Å². The molecule has 0 aliphatic heterocycles. The van der Waals surface area contributed by atoms with Crippen molar-refractivity contribution in [3.63, 3.8) is 0 Å². The third-order valence-corrected chi connectivity index (χ3v) is 13.7. The van der Waals surface area contributed by atoms with E-state index < -0.39 is 84.5 Å². The molecular weight excluding hydrogens is 1670 g/mol. The molecule has 5 unspecified atom stereocenters. The van der Waals surface area contributed by atoms with Crippen molar-refractivity contribution < 1.29 is 149 Å². The van der Waals surface area contributed by atoms with Crippen LogP contribution in [0.5, 0.6) is 40.2 Å². The van der Waals surface area contributed by atoms with E-state index >= 15 is 0 Å². The van der Waals surface area contributed by atoms with Gasteiger partial charge in [-0.05, 0) is 197 Å². The van der Waals surface area contributed by atoms with Gasteiger partial charge < -0.3 is 73.7 Å². The van der Waals surface area contributed by atoms with Crippen LogP contribution >= 0.6 is 78.3 Å². The van der Waals surface area contributed by atoms with Crippen molar-refractivity contribution in [3.8, 4) is 40.2 Å². The molecule has 541 valence electrons. The van der Waals surface area contributed by atoms with Gasteiger partial charge in [-0.15, -0.1) is 0 Å². The standard InChI is InChI=1S/2C11H13ClO3.C10H9BrO5.C10H11ClO3.C9H9BrO3.C9H8ClO2.C9H9FO3.Ho/c1-7(2)10(11(13)14)15-9-5-3-8(12)4-6-9;1-2-3-10(11(13)14)15-9-6-4-8(12)5-7-9;1-5(9(12)13)16-8-3-2-6(11)4-7(8)10(14)15;1-2-9(10(12)13)14-8-5-3-7(11)4-6-8;1-6(9(11)12)13-8-4-2-7(10)3-5-8;1-7(6-11)12-9-4-2-8(10)3-5-9;1-6(9(11)12)13-8-4-2-7(10)3-5-8;/h3-7,10H,1-2H3,(H,13,14);4-7,10H,2-3H2,1H3,(H,13,14);2-5H,1H3,(H,12,13)(H,14,15);3-6,9H,2H2,1H3,(H,12,13);2-6H,1H3,(H,11,12);2-5,7H,1H3;2-6H,1H3,(H,11,12);/q;;;;;-1;;/t;;5-;;;7-;;/m..0..0../s1. The number of hydrogen-bond donors (Lipinski definition) is 7. The van der Waals surface area contributed by atoms with Gasteiger partial charge in [0.15, 0.2) is 36.6 Å². The molecule has 0 bridgehead atoms. The predicted molar refractivity (Wildman–Crippen MR) is 373 cm³/mol. The van der Waals surface area contributed by atoms with Gasteiger partial charge in [0.1, 0.15) is 51.6 Å². The fourth-order valence-corrected chi connectivity index (χ4v) is 7.71. The molecule has 7 atom stereocenters. The number of aliphatic carboxylic acids is 6. The zero-order valence-corrected chi connectivity index (χ0v) is 62.2. The van der Waals surface area contributed by atoms with Crippen LogP contribution in [-0.4, -0.2) is 127 Å². The van der Waals surface area contributed by atoms with Crippen LogP contribution in [0, 0.1) is 49.5 Å². The van der Waals surface area contributed by atoms with Crippen molar-refractivity contribution in [2.45, 2.75) is 117 Å². The summed E-state index contributed by atoms with van der Waals surface area (Å²) < 4.78 is 50.0. The van der Waals surface area contributed by atoms with Crippen molar-refractivity contribution >= 4 is 126 Å². The Morgan fingerprint density at radius 3 is 1.07 bits per heavy atom. The van der Waals surface area contributed by atoms with Gasteiger partial charge in [-0.2, -0.15) is 0 Å². The van der Waals surface area contributed by atoms with Gasteiger partial charge in [0.2, 0.25) is 0 Å². The minimum absolute atomic E-state index is 0. The van der Waals surface area contributed by atoms with Gasteiger partial charge in [0.25, 0.3) is 0 Å². The summed E-state index contributed by atoms with van der Waals surface area (Å²) in [6.07, 6.45) is -2.36. The number of benzene rings is 7. The van der Waals surface area contributed by atoms with Gasteiger partial charge in [-0.3, -0.25) is 0 Å². The van der Waals surface area contributed by atoms with E-state index in [0.29, 0.717) is 71.9 Å². The van der Waals surface area contributed by atoms with Gasteiger partial charge in [-0.1, -0.05) is 119 Å². The molecule has 0 heterocycles. The van der Waals surface area contributed by atoms with E-state index in [1.54, 1.807) is 161 Å². The Morgan fingerprint density at radius 1 is 0.424 bits per heavy atom. The molecular formula is C69H72Br2Cl4FHoO22-. The van der Waals surface area contributed by atoms with Crippen LogP contribution in [0.4, 0.5) is 4.39 Å². The molecule has 0 amide bonds. The Morgan fingerprint density at radius 2 is 0.747 bits per heavy atom. The number of ether oxygens (including phenoxy) is 7. The smallest absolute Gasteiger partial charge is 0.345 e. The Hall–Kier alpha value is -7.59. The van der Waals surface area contributed by atoms with Crippen LogP contribution in [0.15, 0.2) is 173 Å². The minimum atomic E-state index is -1.17. The number of carboxylic acid groups (broad SMARTS) is 7. The maximum absolute atomic E-state index is 12.4. The van der Waals surface area contributed by atoms with E-state index in [4.69, 9.17) is 115 Å². The minimum Gasteiger partial charge on any atom is -0.538 e. The van der Waals surface area contributed by atoms with Crippen LogP contribution < -0.4 is 33.2 Å². The number of rotatable bonds is 26. The summed E-state index contributed by atoms with van der Waals surface area (Å²) in [6.45, 7) is 13.1. The number of carbonyl (C=O) groups excluding carboxylic acids is 1. The monoisotopic (exact) mass is 1730 g/mol. The molecule has 7 aromatic carbocycles.